The van der Waals surface area contributed by atoms with Gasteiger partial charge in [0, 0.05) is 18.8 Å². The standard InChI is InChI=1S/C20H34O5/c1-2-3-6-10-16-17(19(23)14-18(16)22)13-12-15(21)9-7-4-5-8-11-20(24)25/h4,7,12-13,15-19,21-23H,2-3,5-6,8-11,14H2,1H3,(H,24,25)/b7-4+,13-12?/t15-,16-,17+,18-,19+/m0/s1. The first-order valence-electron chi connectivity index (χ1n) is 9.55. The van der Waals surface area contributed by atoms with Gasteiger partial charge in [-0.15, -0.1) is 0 Å². The van der Waals surface area contributed by atoms with E-state index in [0.717, 1.165) is 25.7 Å². The van der Waals surface area contributed by atoms with Crippen molar-refractivity contribution < 1.29 is 25.2 Å². The van der Waals surface area contributed by atoms with Crippen LogP contribution in [0.1, 0.15) is 64.7 Å². The van der Waals surface area contributed by atoms with Crippen LogP contribution in [0.15, 0.2) is 24.3 Å². The SMILES string of the molecule is CCCCC[C@H]1[C@@H](C=C[C@@H](O)C/C=C/CCCC(=O)O)[C@H](O)C[C@@H]1O. The topological polar surface area (TPSA) is 98.0 Å². The zero-order valence-electron chi connectivity index (χ0n) is 15.3. The molecule has 0 aromatic rings. The fraction of sp³-hybridized carbons (Fsp3) is 0.750. The maximum absolute atomic E-state index is 10.4. The number of allylic oxidation sites excluding steroid dienone is 1. The van der Waals surface area contributed by atoms with Gasteiger partial charge in [-0.3, -0.25) is 4.79 Å². The highest BCUT2D eigenvalue weighted by Gasteiger charge is 2.39. The van der Waals surface area contributed by atoms with E-state index < -0.39 is 24.3 Å². The Balaban J connectivity index is 2.39. The largest absolute Gasteiger partial charge is 0.481 e. The summed E-state index contributed by atoms with van der Waals surface area (Å²) in [7, 11) is 0. The number of hydrogen-bond acceptors (Lipinski definition) is 4. The van der Waals surface area contributed by atoms with Crippen LogP contribution in [0.25, 0.3) is 0 Å². The molecule has 0 unspecified atom stereocenters. The van der Waals surface area contributed by atoms with Crippen LogP contribution in [0.4, 0.5) is 0 Å². The molecule has 0 aromatic heterocycles. The maximum Gasteiger partial charge on any atom is 0.303 e. The Hall–Kier alpha value is -1.17. The van der Waals surface area contributed by atoms with Gasteiger partial charge in [0.15, 0.2) is 0 Å². The monoisotopic (exact) mass is 354 g/mol. The van der Waals surface area contributed by atoms with Gasteiger partial charge in [-0.25, -0.2) is 0 Å². The van der Waals surface area contributed by atoms with Crippen LogP contribution in [0.5, 0.6) is 0 Å². The summed E-state index contributed by atoms with van der Waals surface area (Å²) in [6.07, 6.45) is 12.2. The molecular weight excluding hydrogens is 320 g/mol. The highest BCUT2D eigenvalue weighted by Crippen LogP contribution is 2.37. The molecule has 1 aliphatic carbocycles. The van der Waals surface area contributed by atoms with E-state index in [0.29, 0.717) is 25.7 Å². The highest BCUT2D eigenvalue weighted by atomic mass is 16.4. The Morgan fingerprint density at radius 3 is 2.60 bits per heavy atom. The Kier molecular flexibility index (Phi) is 10.7. The molecule has 144 valence electrons. The summed E-state index contributed by atoms with van der Waals surface area (Å²) in [5, 5.41) is 38.9. The number of carboxylic acids is 1. The molecule has 0 spiro atoms. The van der Waals surface area contributed by atoms with Crippen LogP contribution in [0, 0.1) is 11.8 Å². The van der Waals surface area contributed by atoms with Crippen molar-refractivity contribution in [2.45, 2.75) is 83.0 Å². The van der Waals surface area contributed by atoms with Crippen LogP contribution in [0.2, 0.25) is 0 Å². The zero-order chi connectivity index (χ0) is 18.7. The molecule has 0 radical (unpaired) electrons. The van der Waals surface area contributed by atoms with Gasteiger partial charge < -0.3 is 20.4 Å². The molecule has 1 saturated carbocycles. The first kappa shape index (κ1) is 21.9. The summed E-state index contributed by atoms with van der Waals surface area (Å²) in [4.78, 5) is 10.4. The Morgan fingerprint density at radius 1 is 1.16 bits per heavy atom. The average molecular weight is 354 g/mol. The molecule has 0 aromatic carbocycles. The molecule has 5 heteroatoms. The quantitative estimate of drug-likeness (QED) is 0.319. The molecule has 1 rings (SSSR count). The Bertz CT molecular complexity index is 432. The molecule has 1 aliphatic rings. The second-order valence-corrected chi connectivity index (χ2v) is 7.05. The van der Waals surface area contributed by atoms with Gasteiger partial charge in [0.25, 0.3) is 0 Å². The lowest BCUT2D eigenvalue weighted by Gasteiger charge is -2.21. The lowest BCUT2D eigenvalue weighted by molar-refractivity contribution is -0.137. The zero-order valence-corrected chi connectivity index (χ0v) is 15.3. The van der Waals surface area contributed by atoms with Gasteiger partial charge in [-0.1, -0.05) is 50.5 Å². The summed E-state index contributed by atoms with van der Waals surface area (Å²) >= 11 is 0. The lowest BCUT2D eigenvalue weighted by Crippen LogP contribution is -2.21. The summed E-state index contributed by atoms with van der Waals surface area (Å²) < 4.78 is 0. The molecular formula is C20H34O5. The van der Waals surface area contributed by atoms with E-state index in [1.54, 1.807) is 6.08 Å². The molecule has 5 nitrogen and oxygen atoms in total. The van der Waals surface area contributed by atoms with E-state index in [1.165, 1.54) is 0 Å². The first-order valence-corrected chi connectivity index (χ1v) is 9.55. The number of carbonyl (C=O) groups is 1. The number of aliphatic hydroxyl groups is 3. The van der Waals surface area contributed by atoms with Crippen molar-refractivity contribution in [3.8, 4) is 0 Å². The molecule has 25 heavy (non-hydrogen) atoms. The maximum atomic E-state index is 10.4. The molecule has 5 atom stereocenters. The lowest BCUT2D eigenvalue weighted by atomic mass is 9.88. The van der Waals surface area contributed by atoms with Crippen LogP contribution in [-0.2, 0) is 4.79 Å². The third-order valence-electron chi connectivity index (χ3n) is 4.92. The molecule has 1 fully saturated rings. The van der Waals surface area contributed by atoms with Crippen LogP contribution >= 0.6 is 0 Å². The van der Waals surface area contributed by atoms with Gasteiger partial charge in [-0.2, -0.15) is 0 Å². The number of carboxylic acid groups (broad SMARTS) is 1. The van der Waals surface area contributed by atoms with E-state index in [-0.39, 0.29) is 18.3 Å². The highest BCUT2D eigenvalue weighted by molar-refractivity contribution is 5.66. The minimum absolute atomic E-state index is 0.0663. The molecule has 0 amide bonds. The predicted octanol–water partition coefficient (Wildman–Crippen LogP) is 3.04. The number of rotatable bonds is 12. The van der Waals surface area contributed by atoms with Crippen LogP contribution in [-0.4, -0.2) is 44.7 Å². The normalized spacial score (nSPS) is 28.2. The first-order chi connectivity index (χ1) is 12.0. The summed E-state index contributed by atoms with van der Waals surface area (Å²) in [5.41, 5.74) is 0. The number of aliphatic hydroxyl groups excluding tert-OH is 3. The van der Waals surface area contributed by atoms with Gasteiger partial charge in [0.2, 0.25) is 0 Å². The molecule has 0 bridgehead atoms. The van der Waals surface area contributed by atoms with Gasteiger partial charge >= 0.3 is 5.97 Å². The van der Waals surface area contributed by atoms with Crippen molar-refractivity contribution in [3.05, 3.63) is 24.3 Å². The van der Waals surface area contributed by atoms with Gasteiger partial charge in [-0.05, 0) is 31.6 Å². The van der Waals surface area contributed by atoms with E-state index in [9.17, 15) is 20.1 Å². The third kappa shape index (κ3) is 8.66. The van der Waals surface area contributed by atoms with Crippen molar-refractivity contribution in [2.24, 2.45) is 11.8 Å². The van der Waals surface area contributed by atoms with Gasteiger partial charge in [0.05, 0.1) is 18.3 Å². The Labute approximate surface area is 151 Å². The number of hydrogen-bond donors (Lipinski definition) is 4. The van der Waals surface area contributed by atoms with E-state index in [1.807, 2.05) is 18.2 Å². The van der Waals surface area contributed by atoms with Crippen LogP contribution < -0.4 is 0 Å². The molecule has 0 saturated heterocycles. The van der Waals surface area contributed by atoms with Crippen molar-refractivity contribution in [2.75, 3.05) is 0 Å². The van der Waals surface area contributed by atoms with Gasteiger partial charge in [0.1, 0.15) is 0 Å². The summed E-state index contributed by atoms with van der Waals surface area (Å²) in [5.74, 6) is -0.820. The fourth-order valence-electron chi connectivity index (χ4n) is 3.47. The molecule has 0 heterocycles. The van der Waals surface area contributed by atoms with Crippen molar-refractivity contribution >= 4 is 5.97 Å². The van der Waals surface area contributed by atoms with Crippen molar-refractivity contribution in [3.63, 3.8) is 0 Å². The number of aliphatic carboxylic acids is 1. The minimum Gasteiger partial charge on any atom is -0.481 e. The Morgan fingerprint density at radius 2 is 1.92 bits per heavy atom. The second kappa shape index (κ2) is 12.2. The summed E-state index contributed by atoms with van der Waals surface area (Å²) in [6, 6.07) is 0. The third-order valence-corrected chi connectivity index (χ3v) is 4.92. The average Bonchev–Trinajstić information content (AvgIpc) is 2.82. The molecule has 4 N–H and O–H groups in total. The second-order valence-electron chi connectivity index (χ2n) is 7.05. The minimum atomic E-state index is -0.790. The predicted molar refractivity (Wildman–Crippen MR) is 98.1 cm³/mol. The van der Waals surface area contributed by atoms with Crippen molar-refractivity contribution in [1.82, 2.24) is 0 Å². The fourth-order valence-corrected chi connectivity index (χ4v) is 3.47. The van der Waals surface area contributed by atoms with E-state index in [4.69, 9.17) is 5.11 Å². The molecule has 0 aliphatic heterocycles. The van der Waals surface area contributed by atoms with Crippen LogP contribution in [0.3, 0.4) is 0 Å². The van der Waals surface area contributed by atoms with Crippen molar-refractivity contribution in [1.29, 1.82) is 0 Å². The number of unbranched alkanes of at least 4 members (excludes halogenated alkanes) is 3. The van der Waals surface area contributed by atoms with E-state index >= 15 is 0 Å². The smallest absolute Gasteiger partial charge is 0.303 e. The van der Waals surface area contributed by atoms with E-state index in [2.05, 4.69) is 6.92 Å². The summed E-state index contributed by atoms with van der Waals surface area (Å²) in [6.45, 7) is 2.14.